The van der Waals surface area contributed by atoms with Crippen molar-refractivity contribution in [2.45, 2.75) is 57.8 Å². The lowest BCUT2D eigenvalue weighted by Gasteiger charge is -2.10. The third-order valence-electron chi connectivity index (χ3n) is 4.04. The monoisotopic (exact) mass is 297 g/mol. The van der Waals surface area contributed by atoms with Crippen molar-refractivity contribution in [3.63, 3.8) is 0 Å². The molecule has 3 aliphatic rings. The molecule has 3 aliphatic heterocycles. The van der Waals surface area contributed by atoms with Crippen LogP contribution in [0.5, 0.6) is 0 Å². The van der Waals surface area contributed by atoms with Gasteiger partial charge in [0.1, 0.15) is 18.3 Å². The fraction of sp³-hybridized carbons (Fsp3) is 0.750. The molecule has 0 N–H and O–H groups in total. The van der Waals surface area contributed by atoms with Crippen LogP contribution in [0.4, 0.5) is 0 Å². The second-order valence-corrected chi connectivity index (χ2v) is 5.65. The Labute approximate surface area is 118 Å². The van der Waals surface area contributed by atoms with Crippen LogP contribution in [-0.2, 0) is 14.2 Å². The van der Waals surface area contributed by atoms with E-state index in [-0.39, 0.29) is 18.3 Å². The summed E-state index contributed by atoms with van der Waals surface area (Å²) >= 11 is 0. The van der Waals surface area contributed by atoms with E-state index in [2.05, 4.69) is 0 Å². The van der Waals surface area contributed by atoms with Crippen molar-refractivity contribution in [2.75, 3.05) is 0 Å². The van der Waals surface area contributed by atoms with Gasteiger partial charge in [0.25, 0.3) is 0 Å². The van der Waals surface area contributed by atoms with Gasteiger partial charge in [0, 0.05) is 0 Å². The van der Waals surface area contributed by atoms with Crippen molar-refractivity contribution >= 4 is 0 Å². The van der Waals surface area contributed by atoms with Gasteiger partial charge in [-0.05, 0) is 20.8 Å². The third-order valence-corrected chi connectivity index (χ3v) is 4.04. The van der Waals surface area contributed by atoms with E-state index in [1.165, 1.54) is 0 Å². The van der Waals surface area contributed by atoms with E-state index in [0.29, 0.717) is 0 Å². The lowest BCUT2D eigenvalue weighted by molar-refractivity contribution is 0.263. The molecule has 4 heterocycles. The molecule has 0 spiro atoms. The van der Waals surface area contributed by atoms with Crippen LogP contribution in [0.3, 0.4) is 0 Å². The number of epoxide rings is 3. The summed E-state index contributed by atoms with van der Waals surface area (Å²) in [7, 11) is 0. The van der Waals surface area contributed by atoms with Gasteiger partial charge in [-0.1, -0.05) is 0 Å². The van der Waals surface area contributed by atoms with Crippen LogP contribution >= 0.6 is 0 Å². The molecule has 3 fully saturated rings. The highest BCUT2D eigenvalue weighted by atomic mass is 16.6. The fourth-order valence-electron chi connectivity index (χ4n) is 2.58. The van der Waals surface area contributed by atoms with Gasteiger partial charge in [-0.2, -0.15) is 0 Å². The van der Waals surface area contributed by atoms with Crippen LogP contribution in [-0.4, -0.2) is 32.0 Å². The third kappa shape index (κ3) is 1.78. The number of ether oxygens (including phenoxy) is 3. The first kappa shape index (κ1) is 13.0. The normalized spacial score (nSPS) is 40.1. The fourth-order valence-corrected chi connectivity index (χ4v) is 2.58. The van der Waals surface area contributed by atoms with Crippen molar-refractivity contribution in [1.29, 1.82) is 0 Å². The maximum atomic E-state index is 12.5. The maximum absolute atomic E-state index is 12.5. The molecule has 9 nitrogen and oxygen atoms in total. The Morgan fingerprint density at radius 1 is 0.619 bits per heavy atom. The maximum Gasteiger partial charge on any atom is 0.340 e. The van der Waals surface area contributed by atoms with Crippen LogP contribution in [0.2, 0.25) is 0 Å². The van der Waals surface area contributed by atoms with Gasteiger partial charge in [0.15, 0.2) is 18.7 Å². The second kappa shape index (κ2) is 3.93. The summed E-state index contributed by atoms with van der Waals surface area (Å²) in [6.07, 6.45) is -2.59. The molecule has 0 radical (unpaired) electrons. The molecule has 1 aromatic heterocycles. The van der Waals surface area contributed by atoms with Crippen molar-refractivity contribution in [1.82, 2.24) is 13.7 Å². The van der Waals surface area contributed by atoms with Crippen molar-refractivity contribution in [3.8, 4) is 0 Å². The molecule has 4 rings (SSSR count). The Morgan fingerprint density at radius 2 is 0.810 bits per heavy atom. The molecule has 0 bridgehead atoms. The van der Waals surface area contributed by atoms with Gasteiger partial charge in [-0.25, -0.2) is 28.1 Å². The Bertz CT molecular complexity index is 657. The van der Waals surface area contributed by atoms with Crippen LogP contribution in [0, 0.1) is 0 Å². The zero-order valence-electron chi connectivity index (χ0n) is 11.8. The lowest BCUT2D eigenvalue weighted by atomic mass is 10.4. The van der Waals surface area contributed by atoms with Gasteiger partial charge in [-0.3, -0.25) is 0 Å². The first-order valence-corrected chi connectivity index (χ1v) is 6.87. The van der Waals surface area contributed by atoms with Crippen LogP contribution < -0.4 is 17.1 Å². The Kier molecular flexibility index (Phi) is 2.43. The summed E-state index contributed by atoms with van der Waals surface area (Å²) in [6.45, 7) is 5.26. The van der Waals surface area contributed by atoms with Gasteiger partial charge in [0.2, 0.25) is 0 Å². The molecule has 21 heavy (non-hydrogen) atoms. The number of hydrogen-bond donors (Lipinski definition) is 0. The predicted molar refractivity (Wildman–Crippen MR) is 68.0 cm³/mol. The summed E-state index contributed by atoms with van der Waals surface area (Å²) in [5.74, 6) is 0. The molecular formula is C12H15N3O6. The number of aromatic nitrogens is 3. The summed E-state index contributed by atoms with van der Waals surface area (Å²) in [4.78, 5) is 37.4. The minimum Gasteiger partial charge on any atom is -0.347 e. The summed E-state index contributed by atoms with van der Waals surface area (Å²) < 4.78 is 18.6. The van der Waals surface area contributed by atoms with Crippen LogP contribution in [0.25, 0.3) is 0 Å². The minimum atomic E-state index is -0.696. The van der Waals surface area contributed by atoms with Gasteiger partial charge >= 0.3 is 17.1 Å². The Balaban J connectivity index is 1.97. The molecule has 6 atom stereocenters. The van der Waals surface area contributed by atoms with Gasteiger partial charge in [-0.15, -0.1) is 0 Å². The van der Waals surface area contributed by atoms with E-state index in [0.717, 1.165) is 13.7 Å². The molecule has 0 aromatic carbocycles. The second-order valence-electron chi connectivity index (χ2n) is 5.65. The zero-order valence-corrected chi connectivity index (χ0v) is 11.8. The highest BCUT2D eigenvalue weighted by Gasteiger charge is 2.47. The smallest absolute Gasteiger partial charge is 0.340 e. The average molecular weight is 297 g/mol. The number of hydrogen-bond acceptors (Lipinski definition) is 6. The van der Waals surface area contributed by atoms with E-state index in [4.69, 9.17) is 14.2 Å². The summed E-state index contributed by atoms with van der Waals surface area (Å²) in [5, 5.41) is 0. The molecule has 0 amide bonds. The topological polar surface area (TPSA) is 104 Å². The van der Waals surface area contributed by atoms with E-state index >= 15 is 0 Å². The molecule has 0 saturated carbocycles. The molecule has 9 heteroatoms. The van der Waals surface area contributed by atoms with Crippen molar-refractivity contribution < 1.29 is 14.2 Å². The molecule has 1 aromatic rings. The van der Waals surface area contributed by atoms with Gasteiger partial charge in [0.05, 0.1) is 0 Å². The quantitative estimate of drug-likeness (QED) is 0.658. The lowest BCUT2D eigenvalue weighted by Crippen LogP contribution is -2.54. The van der Waals surface area contributed by atoms with E-state index in [1.54, 1.807) is 20.8 Å². The summed E-state index contributed by atoms with van der Waals surface area (Å²) in [6, 6.07) is 0. The highest BCUT2D eigenvalue weighted by molar-refractivity contribution is 4.94. The molecule has 0 aliphatic carbocycles. The largest absolute Gasteiger partial charge is 0.347 e. The molecule has 6 unspecified atom stereocenters. The predicted octanol–water partition coefficient (Wildman–Crippen LogP) is -1.08. The summed E-state index contributed by atoms with van der Waals surface area (Å²) in [5.41, 5.74) is -2.09. The first-order valence-electron chi connectivity index (χ1n) is 6.87. The van der Waals surface area contributed by atoms with E-state index < -0.39 is 35.8 Å². The van der Waals surface area contributed by atoms with Gasteiger partial charge < -0.3 is 14.2 Å². The van der Waals surface area contributed by atoms with Crippen molar-refractivity contribution in [3.05, 3.63) is 31.5 Å². The molecule has 114 valence electrons. The standard InChI is InChI=1S/C12H15N3O6/c1-4-7(19-4)13-10(16)14(8-5(2)20-8)12(18)15(11(13)17)9-6(3)21-9/h4-9H,1-3H3. The van der Waals surface area contributed by atoms with Crippen molar-refractivity contribution in [2.24, 2.45) is 0 Å². The SMILES string of the molecule is CC1OC1n1c(=O)n(C2OC2C)c(=O)n(C2OC2C)c1=O. The van der Waals surface area contributed by atoms with Crippen LogP contribution in [0.15, 0.2) is 14.4 Å². The molecular weight excluding hydrogens is 282 g/mol. The molecule has 3 saturated heterocycles. The zero-order chi connectivity index (χ0) is 15.0. The highest BCUT2D eigenvalue weighted by Crippen LogP contribution is 2.34. The Morgan fingerprint density at radius 3 is 0.952 bits per heavy atom. The Hall–Kier alpha value is -1.71. The number of nitrogens with zero attached hydrogens (tertiary/aromatic N) is 3. The first-order chi connectivity index (χ1) is 9.91. The van der Waals surface area contributed by atoms with E-state index in [9.17, 15) is 14.4 Å². The van der Waals surface area contributed by atoms with Crippen LogP contribution in [0.1, 0.15) is 39.5 Å². The minimum absolute atomic E-state index is 0.232. The average Bonchev–Trinajstić information content (AvgIpc) is 3.31. The van der Waals surface area contributed by atoms with E-state index in [1.807, 2.05) is 0 Å². The number of rotatable bonds is 3.